The lowest BCUT2D eigenvalue weighted by atomic mass is 9.98. The van der Waals surface area contributed by atoms with Gasteiger partial charge in [0, 0.05) is 12.1 Å². The number of carbonyl (C=O) groups excluding carboxylic acids is 1. The molecule has 0 aliphatic carbocycles. The van der Waals surface area contributed by atoms with Gasteiger partial charge >= 0.3 is 0 Å². The van der Waals surface area contributed by atoms with Gasteiger partial charge < -0.3 is 15.8 Å². The summed E-state index contributed by atoms with van der Waals surface area (Å²) in [7, 11) is 0. The lowest BCUT2D eigenvalue weighted by molar-refractivity contribution is 0.0956. The number of nitrogens with two attached hydrogens (primary N) is 1. The summed E-state index contributed by atoms with van der Waals surface area (Å²) in [6, 6.07) is 15.7. The van der Waals surface area contributed by atoms with Crippen LogP contribution in [-0.4, -0.2) is 19.1 Å². The molecule has 3 N–H and O–H groups in total. The van der Waals surface area contributed by atoms with Crippen molar-refractivity contribution in [3.05, 3.63) is 65.2 Å². The first-order valence-corrected chi connectivity index (χ1v) is 7.09. The minimum atomic E-state index is -0.0173. The van der Waals surface area contributed by atoms with Gasteiger partial charge in [-0.1, -0.05) is 30.3 Å². The van der Waals surface area contributed by atoms with Gasteiger partial charge in [0.1, 0.15) is 12.4 Å². The highest BCUT2D eigenvalue weighted by Gasteiger charge is 2.28. The quantitative estimate of drug-likeness (QED) is 0.882. The maximum absolute atomic E-state index is 12.0. The highest BCUT2D eigenvalue weighted by atomic mass is 16.5. The number of benzene rings is 2. The summed E-state index contributed by atoms with van der Waals surface area (Å²) < 4.78 is 5.55. The van der Waals surface area contributed by atoms with E-state index in [2.05, 4.69) is 17.4 Å². The fourth-order valence-electron chi connectivity index (χ4n) is 2.63. The zero-order chi connectivity index (χ0) is 14.7. The Morgan fingerprint density at radius 2 is 1.95 bits per heavy atom. The number of amides is 1. The molecule has 1 amide bonds. The Morgan fingerprint density at radius 1 is 1.14 bits per heavy atom. The number of rotatable bonds is 5. The molecule has 4 heteroatoms. The molecule has 0 saturated carbocycles. The van der Waals surface area contributed by atoms with Crippen molar-refractivity contribution in [3.63, 3.8) is 0 Å². The highest BCUT2D eigenvalue weighted by molar-refractivity contribution is 5.99. The SMILES string of the molecule is NCCOc1ccc2c(c1)C(Cc1ccccc1)NC2=O. The second kappa shape index (κ2) is 5.97. The van der Waals surface area contributed by atoms with E-state index in [0.29, 0.717) is 13.2 Å². The highest BCUT2D eigenvalue weighted by Crippen LogP contribution is 2.31. The van der Waals surface area contributed by atoms with Crippen LogP contribution in [0.15, 0.2) is 48.5 Å². The third-order valence-electron chi connectivity index (χ3n) is 3.62. The minimum Gasteiger partial charge on any atom is -0.492 e. The van der Waals surface area contributed by atoms with Gasteiger partial charge in [0.15, 0.2) is 0 Å². The van der Waals surface area contributed by atoms with Crippen molar-refractivity contribution in [2.24, 2.45) is 5.73 Å². The molecule has 0 fully saturated rings. The number of hydrogen-bond acceptors (Lipinski definition) is 3. The van der Waals surface area contributed by atoms with E-state index in [1.54, 1.807) is 0 Å². The van der Waals surface area contributed by atoms with Crippen LogP contribution in [0.25, 0.3) is 0 Å². The Balaban J connectivity index is 1.84. The maximum atomic E-state index is 12.0. The second-order valence-corrected chi connectivity index (χ2v) is 5.10. The van der Waals surface area contributed by atoms with Crippen molar-refractivity contribution in [2.75, 3.05) is 13.2 Å². The molecule has 3 rings (SSSR count). The minimum absolute atomic E-state index is 0.00340. The lowest BCUT2D eigenvalue weighted by Gasteiger charge is -2.13. The Labute approximate surface area is 123 Å². The van der Waals surface area contributed by atoms with E-state index in [9.17, 15) is 4.79 Å². The largest absolute Gasteiger partial charge is 0.492 e. The Morgan fingerprint density at radius 3 is 2.71 bits per heavy atom. The van der Waals surface area contributed by atoms with Crippen molar-refractivity contribution in [2.45, 2.75) is 12.5 Å². The Bertz CT molecular complexity index is 640. The molecule has 0 spiro atoms. The van der Waals surface area contributed by atoms with Crippen molar-refractivity contribution in [1.82, 2.24) is 5.32 Å². The molecule has 0 bridgehead atoms. The predicted molar refractivity (Wildman–Crippen MR) is 81.3 cm³/mol. The number of hydrogen-bond donors (Lipinski definition) is 2. The van der Waals surface area contributed by atoms with Gasteiger partial charge in [-0.15, -0.1) is 0 Å². The van der Waals surface area contributed by atoms with Crippen molar-refractivity contribution < 1.29 is 9.53 Å². The topological polar surface area (TPSA) is 64.3 Å². The molecule has 1 heterocycles. The lowest BCUT2D eigenvalue weighted by Crippen LogP contribution is -2.20. The van der Waals surface area contributed by atoms with Gasteiger partial charge in [0.05, 0.1) is 6.04 Å². The number of fused-ring (bicyclic) bond motifs is 1. The molecule has 0 saturated heterocycles. The normalized spacial score (nSPS) is 16.4. The molecule has 108 valence electrons. The molecule has 1 aliphatic rings. The van der Waals surface area contributed by atoms with Gasteiger partial charge in [-0.2, -0.15) is 0 Å². The maximum Gasteiger partial charge on any atom is 0.252 e. The van der Waals surface area contributed by atoms with Crippen molar-refractivity contribution >= 4 is 5.91 Å². The van der Waals surface area contributed by atoms with Crippen molar-refractivity contribution in [3.8, 4) is 5.75 Å². The van der Waals surface area contributed by atoms with Crippen LogP contribution < -0.4 is 15.8 Å². The number of ether oxygens (including phenoxy) is 1. The Hall–Kier alpha value is -2.33. The van der Waals surface area contributed by atoms with Crippen LogP contribution in [0.5, 0.6) is 5.75 Å². The van der Waals surface area contributed by atoms with E-state index in [-0.39, 0.29) is 11.9 Å². The Kier molecular flexibility index (Phi) is 3.88. The van der Waals surface area contributed by atoms with Gasteiger partial charge in [0.2, 0.25) is 0 Å². The van der Waals surface area contributed by atoms with Crippen LogP contribution >= 0.6 is 0 Å². The summed E-state index contributed by atoms with van der Waals surface area (Å²) in [5.41, 5.74) is 8.38. The van der Waals surface area contributed by atoms with Crippen LogP contribution in [0.1, 0.15) is 27.5 Å². The third kappa shape index (κ3) is 2.90. The zero-order valence-corrected chi connectivity index (χ0v) is 11.7. The first kappa shape index (κ1) is 13.6. The zero-order valence-electron chi connectivity index (χ0n) is 11.7. The fourth-order valence-corrected chi connectivity index (χ4v) is 2.63. The van der Waals surface area contributed by atoms with Crippen molar-refractivity contribution in [1.29, 1.82) is 0 Å². The summed E-state index contributed by atoms with van der Waals surface area (Å²) in [6.07, 6.45) is 0.778. The smallest absolute Gasteiger partial charge is 0.252 e. The fraction of sp³-hybridized carbons (Fsp3) is 0.235. The van der Waals surface area contributed by atoms with Gasteiger partial charge in [-0.05, 0) is 35.7 Å². The van der Waals surface area contributed by atoms with Crippen LogP contribution in [0, 0.1) is 0 Å². The molecule has 1 unspecified atom stereocenters. The molecule has 21 heavy (non-hydrogen) atoms. The third-order valence-corrected chi connectivity index (χ3v) is 3.62. The molecular formula is C17H18N2O2. The van der Waals surface area contributed by atoms with E-state index in [0.717, 1.165) is 23.3 Å². The number of nitrogens with one attached hydrogen (secondary N) is 1. The average molecular weight is 282 g/mol. The summed E-state index contributed by atoms with van der Waals surface area (Å²) in [4.78, 5) is 12.0. The monoisotopic (exact) mass is 282 g/mol. The molecule has 1 atom stereocenters. The average Bonchev–Trinajstić information content (AvgIpc) is 2.82. The molecule has 2 aromatic carbocycles. The van der Waals surface area contributed by atoms with Gasteiger partial charge in [-0.3, -0.25) is 4.79 Å². The molecule has 4 nitrogen and oxygen atoms in total. The molecule has 0 radical (unpaired) electrons. The van der Waals surface area contributed by atoms with E-state index >= 15 is 0 Å². The van der Waals surface area contributed by atoms with Gasteiger partial charge in [0.25, 0.3) is 5.91 Å². The van der Waals surface area contributed by atoms with Gasteiger partial charge in [-0.25, -0.2) is 0 Å². The predicted octanol–water partition coefficient (Wildman–Crippen LogP) is 2.05. The van der Waals surface area contributed by atoms with Crippen LogP contribution in [0.2, 0.25) is 0 Å². The van der Waals surface area contributed by atoms with Crippen LogP contribution in [-0.2, 0) is 6.42 Å². The van der Waals surface area contributed by atoms with Crippen LogP contribution in [0.4, 0.5) is 0 Å². The molecular weight excluding hydrogens is 264 g/mol. The first-order chi connectivity index (χ1) is 10.3. The number of carbonyl (C=O) groups is 1. The second-order valence-electron chi connectivity index (χ2n) is 5.10. The summed E-state index contributed by atoms with van der Waals surface area (Å²) in [5.74, 6) is 0.741. The standard InChI is InChI=1S/C17H18N2O2/c18-8-9-21-13-6-7-14-15(11-13)16(19-17(14)20)10-12-4-2-1-3-5-12/h1-7,11,16H,8-10,18H2,(H,19,20). The van der Waals surface area contributed by atoms with E-state index < -0.39 is 0 Å². The van der Waals surface area contributed by atoms with E-state index in [1.807, 2.05) is 36.4 Å². The summed E-state index contributed by atoms with van der Waals surface area (Å²) >= 11 is 0. The molecule has 1 aliphatic heterocycles. The molecule has 0 aromatic heterocycles. The molecule has 2 aromatic rings. The first-order valence-electron chi connectivity index (χ1n) is 7.09. The van der Waals surface area contributed by atoms with Crippen LogP contribution in [0.3, 0.4) is 0 Å². The summed E-state index contributed by atoms with van der Waals surface area (Å²) in [5, 5.41) is 3.03. The van der Waals surface area contributed by atoms with E-state index in [4.69, 9.17) is 10.5 Å². The summed E-state index contributed by atoms with van der Waals surface area (Å²) in [6.45, 7) is 0.950. The van der Waals surface area contributed by atoms with E-state index in [1.165, 1.54) is 5.56 Å².